The summed E-state index contributed by atoms with van der Waals surface area (Å²) in [5.74, 6) is 0.601. The molecule has 3 heteroatoms. The molecule has 18 heavy (non-hydrogen) atoms. The topological polar surface area (TPSA) is 38.3 Å². The van der Waals surface area contributed by atoms with E-state index in [1.54, 1.807) is 0 Å². The Morgan fingerprint density at radius 2 is 2.06 bits per heavy atom. The molecule has 3 nitrogen and oxygen atoms in total. The maximum absolute atomic E-state index is 11.3. The number of carbonyl (C=O) groups is 1. The van der Waals surface area contributed by atoms with Gasteiger partial charge in [-0.15, -0.1) is 0 Å². The first-order chi connectivity index (χ1) is 8.56. The molecule has 0 radical (unpaired) electrons. The Balaban J connectivity index is 3.46. The van der Waals surface area contributed by atoms with E-state index in [4.69, 9.17) is 4.74 Å². The van der Waals surface area contributed by atoms with Gasteiger partial charge in [-0.05, 0) is 45.4 Å². The summed E-state index contributed by atoms with van der Waals surface area (Å²) in [4.78, 5) is 11.3. The molecular weight excluding hydrogens is 226 g/mol. The predicted molar refractivity (Wildman–Crippen MR) is 76.7 cm³/mol. The molecule has 0 aliphatic rings. The number of rotatable bonds is 9. The molecule has 0 saturated heterocycles. The van der Waals surface area contributed by atoms with Crippen LogP contribution in [0.25, 0.3) is 0 Å². The maximum Gasteiger partial charge on any atom is 0.407 e. The number of ether oxygens (including phenoxy) is 1. The van der Waals surface area contributed by atoms with Crippen LogP contribution in [0.1, 0.15) is 59.8 Å². The molecule has 1 amide bonds. The van der Waals surface area contributed by atoms with Crippen molar-refractivity contribution in [1.29, 1.82) is 0 Å². The molecule has 1 N–H and O–H groups in total. The van der Waals surface area contributed by atoms with E-state index < -0.39 is 0 Å². The van der Waals surface area contributed by atoms with Crippen molar-refractivity contribution >= 4 is 6.09 Å². The van der Waals surface area contributed by atoms with Crippen LogP contribution in [0.15, 0.2) is 11.6 Å². The zero-order valence-electron chi connectivity index (χ0n) is 12.4. The van der Waals surface area contributed by atoms with E-state index in [0.717, 1.165) is 32.1 Å². The highest BCUT2D eigenvalue weighted by molar-refractivity contribution is 5.66. The van der Waals surface area contributed by atoms with E-state index in [-0.39, 0.29) is 6.09 Å². The van der Waals surface area contributed by atoms with Crippen molar-refractivity contribution in [1.82, 2.24) is 5.32 Å². The lowest BCUT2D eigenvalue weighted by molar-refractivity contribution is 0.139. The van der Waals surface area contributed by atoms with Gasteiger partial charge >= 0.3 is 6.09 Å². The number of hydrogen-bond donors (Lipinski definition) is 1. The molecule has 0 heterocycles. The zero-order valence-corrected chi connectivity index (χ0v) is 12.4. The molecule has 106 valence electrons. The lowest BCUT2D eigenvalue weighted by atomic mass is 10.0. The van der Waals surface area contributed by atoms with Crippen LogP contribution in [0.2, 0.25) is 0 Å². The molecule has 0 fully saturated rings. The van der Waals surface area contributed by atoms with Crippen LogP contribution in [0, 0.1) is 5.92 Å². The Labute approximate surface area is 112 Å². The van der Waals surface area contributed by atoms with Gasteiger partial charge in [-0.2, -0.15) is 0 Å². The van der Waals surface area contributed by atoms with Crippen LogP contribution < -0.4 is 5.32 Å². The maximum atomic E-state index is 11.3. The van der Waals surface area contributed by atoms with Crippen LogP contribution >= 0.6 is 0 Å². The monoisotopic (exact) mass is 255 g/mol. The predicted octanol–water partition coefficient (Wildman–Crippen LogP) is 4.29. The second-order valence-electron chi connectivity index (χ2n) is 5.17. The van der Waals surface area contributed by atoms with Crippen LogP contribution in [-0.4, -0.2) is 19.2 Å². The summed E-state index contributed by atoms with van der Waals surface area (Å²) < 4.78 is 5.12. The van der Waals surface area contributed by atoms with Gasteiger partial charge in [0.1, 0.15) is 0 Å². The fourth-order valence-corrected chi connectivity index (χ4v) is 1.57. The van der Waals surface area contributed by atoms with Crippen LogP contribution in [0.4, 0.5) is 4.79 Å². The molecule has 0 aliphatic carbocycles. The Bertz CT molecular complexity index is 245. The summed E-state index contributed by atoms with van der Waals surface area (Å²) >= 11 is 0. The minimum absolute atomic E-state index is 0.278. The van der Waals surface area contributed by atoms with E-state index in [2.05, 4.69) is 39.1 Å². The average Bonchev–Trinajstić information content (AvgIpc) is 2.29. The van der Waals surface area contributed by atoms with Crippen molar-refractivity contribution < 1.29 is 9.53 Å². The number of allylic oxidation sites excluding steroid dienone is 2. The van der Waals surface area contributed by atoms with E-state index in [1.165, 1.54) is 5.57 Å². The number of carbonyl (C=O) groups excluding carboxylic acids is 1. The highest BCUT2D eigenvalue weighted by Gasteiger charge is 2.04. The first-order valence-corrected chi connectivity index (χ1v) is 7.10. The zero-order chi connectivity index (χ0) is 13.8. The molecule has 0 bridgehead atoms. The van der Waals surface area contributed by atoms with Crippen molar-refractivity contribution in [2.75, 3.05) is 13.2 Å². The van der Waals surface area contributed by atoms with Crippen molar-refractivity contribution in [3.05, 3.63) is 11.6 Å². The number of alkyl carbamates (subject to hydrolysis) is 1. The molecular formula is C15H29NO2. The SMILES string of the molecule is CCCCNC(=O)OCCC(C)CCC=C(C)C. The van der Waals surface area contributed by atoms with Gasteiger partial charge in [0.15, 0.2) is 0 Å². The lowest BCUT2D eigenvalue weighted by Gasteiger charge is -2.11. The summed E-state index contributed by atoms with van der Waals surface area (Å²) in [5.41, 5.74) is 1.37. The van der Waals surface area contributed by atoms with E-state index >= 15 is 0 Å². The number of amides is 1. The fourth-order valence-electron chi connectivity index (χ4n) is 1.57. The van der Waals surface area contributed by atoms with E-state index in [0.29, 0.717) is 19.1 Å². The first kappa shape index (κ1) is 17.0. The van der Waals surface area contributed by atoms with Crippen LogP contribution in [-0.2, 0) is 4.74 Å². The molecule has 0 rings (SSSR count). The number of unbranched alkanes of at least 4 members (excludes halogenated alkanes) is 1. The van der Waals surface area contributed by atoms with Gasteiger partial charge in [-0.1, -0.05) is 31.9 Å². The minimum atomic E-state index is -0.278. The van der Waals surface area contributed by atoms with Crippen LogP contribution in [0.3, 0.4) is 0 Å². The molecule has 0 aliphatic heterocycles. The molecule has 0 aromatic carbocycles. The van der Waals surface area contributed by atoms with Crippen LogP contribution in [0.5, 0.6) is 0 Å². The van der Waals surface area contributed by atoms with Crippen molar-refractivity contribution in [3.63, 3.8) is 0 Å². The molecule has 1 unspecified atom stereocenters. The van der Waals surface area contributed by atoms with E-state index in [9.17, 15) is 4.79 Å². The molecule has 0 saturated carbocycles. The molecule has 0 aromatic heterocycles. The van der Waals surface area contributed by atoms with Crippen molar-refractivity contribution in [2.24, 2.45) is 5.92 Å². The van der Waals surface area contributed by atoms with Gasteiger partial charge in [0, 0.05) is 6.54 Å². The highest BCUT2D eigenvalue weighted by Crippen LogP contribution is 2.11. The van der Waals surface area contributed by atoms with Gasteiger partial charge in [-0.25, -0.2) is 4.79 Å². The number of hydrogen-bond acceptors (Lipinski definition) is 2. The van der Waals surface area contributed by atoms with Gasteiger partial charge in [-0.3, -0.25) is 0 Å². The van der Waals surface area contributed by atoms with Crippen molar-refractivity contribution in [3.8, 4) is 0 Å². The third-order valence-electron chi connectivity index (χ3n) is 2.86. The lowest BCUT2D eigenvalue weighted by Crippen LogP contribution is -2.25. The Morgan fingerprint density at radius 1 is 1.33 bits per heavy atom. The summed E-state index contributed by atoms with van der Waals surface area (Å²) in [6, 6.07) is 0. The molecule has 1 atom stereocenters. The van der Waals surface area contributed by atoms with E-state index in [1.807, 2.05) is 0 Å². The summed E-state index contributed by atoms with van der Waals surface area (Å²) in [7, 11) is 0. The minimum Gasteiger partial charge on any atom is -0.450 e. The first-order valence-electron chi connectivity index (χ1n) is 7.10. The summed E-state index contributed by atoms with van der Waals surface area (Å²) in [5, 5.41) is 2.74. The number of nitrogens with one attached hydrogen (secondary N) is 1. The van der Waals surface area contributed by atoms with Gasteiger partial charge < -0.3 is 10.1 Å². The highest BCUT2D eigenvalue weighted by atomic mass is 16.5. The second kappa shape index (κ2) is 11.1. The summed E-state index contributed by atoms with van der Waals surface area (Å²) in [6.07, 6.45) is 7.29. The van der Waals surface area contributed by atoms with Crippen molar-refractivity contribution in [2.45, 2.75) is 59.8 Å². The smallest absolute Gasteiger partial charge is 0.407 e. The Hall–Kier alpha value is -0.990. The molecule has 0 aromatic rings. The fraction of sp³-hybridized carbons (Fsp3) is 0.800. The standard InChI is InChI=1S/C15H29NO2/c1-5-6-11-16-15(17)18-12-10-14(4)9-7-8-13(2)3/h8,14H,5-7,9-12H2,1-4H3,(H,16,17). The van der Waals surface area contributed by atoms with Gasteiger partial charge in [0.2, 0.25) is 0 Å². The Kier molecular flexibility index (Phi) is 10.5. The summed E-state index contributed by atoms with van der Waals surface area (Å²) in [6.45, 7) is 9.78. The third-order valence-corrected chi connectivity index (χ3v) is 2.86. The Morgan fingerprint density at radius 3 is 2.67 bits per heavy atom. The second-order valence-corrected chi connectivity index (χ2v) is 5.17. The van der Waals surface area contributed by atoms with Gasteiger partial charge in [0.05, 0.1) is 6.61 Å². The molecule has 0 spiro atoms. The average molecular weight is 255 g/mol. The van der Waals surface area contributed by atoms with Gasteiger partial charge in [0.25, 0.3) is 0 Å². The largest absolute Gasteiger partial charge is 0.450 e. The quantitative estimate of drug-likeness (QED) is 0.493. The normalized spacial score (nSPS) is 11.8. The third kappa shape index (κ3) is 11.5.